The molecule has 15 heavy (non-hydrogen) atoms. The van der Waals surface area contributed by atoms with Crippen molar-refractivity contribution in [1.29, 1.82) is 5.26 Å². The lowest BCUT2D eigenvalue weighted by Gasteiger charge is -2.20. The monoisotopic (exact) mass is 209 g/mol. The highest BCUT2D eigenvalue weighted by atomic mass is 19.1. The number of hydrogen-bond donors (Lipinski definition) is 0. The van der Waals surface area contributed by atoms with Crippen LogP contribution < -0.4 is 0 Å². The molecule has 0 aromatic heterocycles. The van der Waals surface area contributed by atoms with E-state index in [0.29, 0.717) is 6.07 Å². The molecule has 0 amide bonds. The van der Waals surface area contributed by atoms with Crippen LogP contribution in [0.25, 0.3) is 0 Å². The quantitative estimate of drug-likeness (QED) is 0.609. The van der Waals surface area contributed by atoms with Gasteiger partial charge in [0.15, 0.2) is 6.10 Å². The third kappa shape index (κ3) is 1.54. The van der Waals surface area contributed by atoms with Crippen LogP contribution in [-0.4, -0.2) is 12.1 Å². The van der Waals surface area contributed by atoms with Gasteiger partial charge in [-0.05, 0) is 6.07 Å². The second-order valence-electron chi connectivity index (χ2n) is 3.14. The Morgan fingerprint density at radius 3 is 2.87 bits per heavy atom. The first-order valence-electron chi connectivity index (χ1n) is 4.20. The number of nitrogens with zero attached hydrogens (tertiary/aromatic N) is 1. The standard InChI is InChI=1S/C10H5F2NO2/c11-5-1-8-7(9(12)2-5)3-6(4-13)15-10(8)14/h1-2,6H,3H2. The maximum Gasteiger partial charge on any atom is 0.339 e. The lowest BCUT2D eigenvalue weighted by molar-refractivity contribution is 0.0366. The van der Waals surface area contributed by atoms with Crippen molar-refractivity contribution in [2.24, 2.45) is 0 Å². The van der Waals surface area contributed by atoms with Gasteiger partial charge in [0.05, 0.1) is 5.56 Å². The summed E-state index contributed by atoms with van der Waals surface area (Å²) in [5.41, 5.74) is -0.0989. The average Bonchev–Trinajstić information content (AvgIpc) is 2.19. The molecule has 0 fully saturated rings. The minimum atomic E-state index is -0.995. The number of carbonyl (C=O) groups excluding carboxylic acids is 1. The van der Waals surface area contributed by atoms with E-state index in [0.717, 1.165) is 6.07 Å². The van der Waals surface area contributed by atoms with E-state index in [2.05, 4.69) is 4.74 Å². The van der Waals surface area contributed by atoms with Crippen LogP contribution in [0.15, 0.2) is 12.1 Å². The molecule has 0 saturated heterocycles. The number of nitriles is 1. The zero-order valence-corrected chi connectivity index (χ0v) is 7.46. The van der Waals surface area contributed by atoms with E-state index in [-0.39, 0.29) is 17.5 Å². The molecule has 0 aliphatic carbocycles. The molecular formula is C10H5F2NO2. The predicted octanol–water partition coefficient (Wildman–Crippen LogP) is 1.57. The molecule has 3 nitrogen and oxygen atoms in total. The van der Waals surface area contributed by atoms with E-state index in [1.807, 2.05) is 0 Å². The Bertz CT molecular complexity index is 479. The van der Waals surface area contributed by atoms with Crippen LogP contribution in [0.3, 0.4) is 0 Å². The van der Waals surface area contributed by atoms with E-state index < -0.39 is 23.7 Å². The minimum Gasteiger partial charge on any atom is -0.443 e. The fourth-order valence-corrected chi connectivity index (χ4v) is 1.48. The molecule has 0 spiro atoms. The van der Waals surface area contributed by atoms with Gasteiger partial charge in [-0.25, -0.2) is 13.6 Å². The Morgan fingerprint density at radius 2 is 2.20 bits per heavy atom. The van der Waals surface area contributed by atoms with Gasteiger partial charge >= 0.3 is 5.97 Å². The largest absolute Gasteiger partial charge is 0.443 e. The molecular weight excluding hydrogens is 204 g/mol. The summed E-state index contributed by atoms with van der Waals surface area (Å²) in [6.07, 6.45) is -1.03. The first-order valence-corrected chi connectivity index (χ1v) is 4.20. The smallest absolute Gasteiger partial charge is 0.339 e. The SMILES string of the molecule is N#CC1Cc2c(F)cc(F)cc2C(=O)O1. The summed E-state index contributed by atoms with van der Waals surface area (Å²) in [5.74, 6) is -2.51. The molecule has 0 saturated carbocycles. The Kier molecular flexibility index (Phi) is 2.12. The van der Waals surface area contributed by atoms with E-state index in [9.17, 15) is 13.6 Å². The second kappa shape index (κ2) is 3.31. The van der Waals surface area contributed by atoms with E-state index in [1.165, 1.54) is 0 Å². The van der Waals surface area contributed by atoms with Crippen molar-refractivity contribution >= 4 is 5.97 Å². The van der Waals surface area contributed by atoms with Gasteiger partial charge in [-0.15, -0.1) is 0 Å². The van der Waals surface area contributed by atoms with Gasteiger partial charge in [0, 0.05) is 18.1 Å². The zero-order chi connectivity index (χ0) is 11.0. The van der Waals surface area contributed by atoms with Gasteiger partial charge in [0.25, 0.3) is 0 Å². The van der Waals surface area contributed by atoms with Crippen LogP contribution in [0.5, 0.6) is 0 Å². The topological polar surface area (TPSA) is 50.1 Å². The summed E-state index contributed by atoms with van der Waals surface area (Å²) in [6, 6.07) is 3.31. The van der Waals surface area contributed by atoms with E-state index in [1.54, 1.807) is 6.07 Å². The number of esters is 1. The lowest BCUT2D eigenvalue weighted by atomic mass is 9.98. The predicted molar refractivity (Wildman–Crippen MR) is 44.9 cm³/mol. The Balaban J connectivity index is 2.56. The summed E-state index contributed by atoms with van der Waals surface area (Å²) >= 11 is 0. The van der Waals surface area contributed by atoms with Crippen LogP contribution in [-0.2, 0) is 11.2 Å². The number of halogens is 2. The maximum atomic E-state index is 13.3. The highest BCUT2D eigenvalue weighted by Crippen LogP contribution is 2.24. The Labute approximate surface area is 83.9 Å². The molecule has 0 N–H and O–H groups in total. The Morgan fingerprint density at radius 1 is 1.47 bits per heavy atom. The number of fused-ring (bicyclic) bond motifs is 1. The van der Waals surface area contributed by atoms with Crippen molar-refractivity contribution in [2.75, 3.05) is 0 Å². The van der Waals surface area contributed by atoms with Gasteiger partial charge < -0.3 is 4.74 Å². The first kappa shape index (κ1) is 9.59. The molecule has 0 bridgehead atoms. The van der Waals surface area contributed by atoms with Gasteiger partial charge in [0.2, 0.25) is 0 Å². The molecule has 0 radical (unpaired) electrons. The molecule has 2 rings (SSSR count). The third-order valence-corrected chi connectivity index (χ3v) is 2.16. The van der Waals surface area contributed by atoms with Crippen LogP contribution in [0.1, 0.15) is 15.9 Å². The zero-order valence-electron chi connectivity index (χ0n) is 7.46. The number of hydrogen-bond acceptors (Lipinski definition) is 3. The van der Waals surface area contributed by atoms with E-state index >= 15 is 0 Å². The second-order valence-corrected chi connectivity index (χ2v) is 3.14. The molecule has 1 aliphatic heterocycles. The minimum absolute atomic E-state index is 0.0380. The van der Waals surface area contributed by atoms with Crippen LogP contribution in [0.4, 0.5) is 8.78 Å². The molecule has 1 unspecified atom stereocenters. The molecule has 1 aliphatic rings. The van der Waals surface area contributed by atoms with Crippen molar-refractivity contribution in [2.45, 2.75) is 12.5 Å². The summed E-state index contributed by atoms with van der Waals surface area (Å²) < 4.78 is 30.7. The third-order valence-electron chi connectivity index (χ3n) is 2.16. The summed E-state index contributed by atoms with van der Waals surface area (Å²) in [7, 11) is 0. The van der Waals surface area contributed by atoms with Crippen molar-refractivity contribution in [1.82, 2.24) is 0 Å². The number of benzene rings is 1. The number of rotatable bonds is 0. The van der Waals surface area contributed by atoms with Gasteiger partial charge in [-0.3, -0.25) is 0 Å². The normalized spacial score (nSPS) is 19.0. The maximum absolute atomic E-state index is 13.3. The van der Waals surface area contributed by atoms with Crippen molar-refractivity contribution in [3.63, 3.8) is 0 Å². The lowest BCUT2D eigenvalue weighted by Crippen LogP contribution is -2.27. The summed E-state index contributed by atoms with van der Waals surface area (Å²) in [5, 5.41) is 8.56. The molecule has 1 aromatic rings. The van der Waals surface area contributed by atoms with Crippen LogP contribution >= 0.6 is 0 Å². The molecule has 1 atom stereocenters. The number of cyclic esters (lactones) is 1. The highest BCUT2D eigenvalue weighted by molar-refractivity contribution is 5.92. The molecule has 5 heteroatoms. The van der Waals surface area contributed by atoms with Gasteiger partial charge in [0.1, 0.15) is 17.7 Å². The van der Waals surface area contributed by atoms with E-state index in [4.69, 9.17) is 5.26 Å². The van der Waals surface area contributed by atoms with Crippen molar-refractivity contribution in [3.05, 3.63) is 34.9 Å². The molecule has 1 aromatic carbocycles. The van der Waals surface area contributed by atoms with Gasteiger partial charge in [-0.2, -0.15) is 5.26 Å². The van der Waals surface area contributed by atoms with Gasteiger partial charge in [-0.1, -0.05) is 0 Å². The number of carbonyl (C=O) groups is 1. The highest BCUT2D eigenvalue weighted by Gasteiger charge is 2.29. The Hall–Kier alpha value is -1.96. The number of ether oxygens (including phenoxy) is 1. The van der Waals surface area contributed by atoms with Crippen molar-refractivity contribution < 1.29 is 18.3 Å². The first-order chi connectivity index (χ1) is 7.11. The fourth-order valence-electron chi connectivity index (χ4n) is 1.48. The molecule has 1 heterocycles. The fraction of sp³-hybridized carbons (Fsp3) is 0.200. The van der Waals surface area contributed by atoms with Crippen molar-refractivity contribution in [3.8, 4) is 6.07 Å². The summed E-state index contributed by atoms with van der Waals surface area (Å²) in [4.78, 5) is 11.3. The van der Waals surface area contributed by atoms with Crippen LogP contribution in [0, 0.1) is 23.0 Å². The van der Waals surface area contributed by atoms with Crippen LogP contribution in [0.2, 0.25) is 0 Å². The average molecular weight is 209 g/mol. The summed E-state index contributed by atoms with van der Waals surface area (Å²) in [6.45, 7) is 0. The molecule has 76 valence electrons.